The Bertz CT molecular complexity index is 865. The molecule has 2 aromatic carbocycles. The Hall–Kier alpha value is -2.53. The number of hydrogen-bond donors (Lipinski definition) is 0. The number of pyridine rings is 1. The van der Waals surface area contributed by atoms with Crippen molar-refractivity contribution in [2.24, 2.45) is 0 Å². The molecule has 0 N–H and O–H groups in total. The molecule has 0 aliphatic carbocycles. The van der Waals surface area contributed by atoms with E-state index in [1.807, 2.05) is 54.6 Å². The minimum absolute atomic E-state index is 0.534. The van der Waals surface area contributed by atoms with Gasteiger partial charge in [-0.25, -0.2) is 4.98 Å². The van der Waals surface area contributed by atoms with Crippen LogP contribution in [-0.2, 0) is 0 Å². The van der Waals surface area contributed by atoms with Crippen molar-refractivity contribution >= 4 is 15.9 Å². The molecule has 0 fully saturated rings. The fraction of sp³-hybridized carbons (Fsp3) is 0.105. The van der Waals surface area contributed by atoms with Crippen LogP contribution in [0.2, 0.25) is 0 Å². The van der Waals surface area contributed by atoms with E-state index in [2.05, 4.69) is 20.9 Å². The summed E-state index contributed by atoms with van der Waals surface area (Å²) < 4.78 is 18.0. The van der Waals surface area contributed by atoms with Gasteiger partial charge in [0.1, 0.15) is 19.0 Å². The van der Waals surface area contributed by atoms with Crippen LogP contribution in [-0.4, -0.2) is 18.2 Å². The molecule has 4 rings (SSSR count). The van der Waals surface area contributed by atoms with E-state index in [0.29, 0.717) is 30.6 Å². The van der Waals surface area contributed by atoms with Gasteiger partial charge in [-0.15, -0.1) is 0 Å². The molecule has 120 valence electrons. The normalized spacial score (nSPS) is 12.7. The van der Waals surface area contributed by atoms with Crippen molar-refractivity contribution in [2.75, 3.05) is 13.2 Å². The molecular formula is C19H14BrNO3. The van der Waals surface area contributed by atoms with Crippen LogP contribution in [0.4, 0.5) is 0 Å². The van der Waals surface area contributed by atoms with Gasteiger partial charge in [-0.05, 0) is 41.5 Å². The van der Waals surface area contributed by atoms with Crippen molar-refractivity contribution < 1.29 is 14.2 Å². The summed E-state index contributed by atoms with van der Waals surface area (Å²) in [5.74, 6) is 2.64. The second-order valence-corrected chi connectivity index (χ2v) is 6.21. The van der Waals surface area contributed by atoms with Gasteiger partial charge in [-0.2, -0.15) is 0 Å². The minimum Gasteiger partial charge on any atom is -0.486 e. The van der Waals surface area contributed by atoms with E-state index < -0.39 is 0 Å². The van der Waals surface area contributed by atoms with Crippen LogP contribution < -0.4 is 14.2 Å². The summed E-state index contributed by atoms with van der Waals surface area (Å²) in [5, 5.41) is 0. The number of nitrogens with zero attached hydrogens (tertiary/aromatic N) is 1. The first-order valence-corrected chi connectivity index (χ1v) is 8.37. The molecule has 1 aromatic heterocycles. The molecule has 0 unspecified atom stereocenters. The van der Waals surface area contributed by atoms with Crippen molar-refractivity contribution in [1.29, 1.82) is 0 Å². The number of aromatic nitrogens is 1. The summed E-state index contributed by atoms with van der Waals surface area (Å²) in [5.41, 5.74) is 2.15. The van der Waals surface area contributed by atoms with Crippen molar-refractivity contribution in [3.63, 3.8) is 0 Å². The molecule has 0 bridgehead atoms. The first-order valence-electron chi connectivity index (χ1n) is 7.57. The van der Waals surface area contributed by atoms with Gasteiger partial charge >= 0.3 is 0 Å². The zero-order valence-electron chi connectivity index (χ0n) is 12.7. The number of halogens is 1. The van der Waals surface area contributed by atoms with Gasteiger partial charge in [0, 0.05) is 22.8 Å². The van der Waals surface area contributed by atoms with Crippen LogP contribution >= 0.6 is 15.9 Å². The number of hydrogen-bond acceptors (Lipinski definition) is 4. The van der Waals surface area contributed by atoms with Gasteiger partial charge in [-0.1, -0.05) is 28.1 Å². The molecule has 1 aliphatic heterocycles. The highest BCUT2D eigenvalue weighted by molar-refractivity contribution is 9.10. The lowest BCUT2D eigenvalue weighted by Crippen LogP contribution is -2.15. The summed E-state index contributed by atoms with van der Waals surface area (Å²) in [6.07, 6.45) is 1.74. The van der Waals surface area contributed by atoms with E-state index in [9.17, 15) is 0 Å². The highest BCUT2D eigenvalue weighted by Gasteiger charge is 2.13. The van der Waals surface area contributed by atoms with Crippen LogP contribution in [0.5, 0.6) is 23.1 Å². The first-order chi connectivity index (χ1) is 11.8. The highest BCUT2D eigenvalue weighted by atomic mass is 79.9. The largest absolute Gasteiger partial charge is 0.486 e. The molecular weight excluding hydrogens is 370 g/mol. The zero-order chi connectivity index (χ0) is 16.4. The Morgan fingerprint density at radius 1 is 0.833 bits per heavy atom. The van der Waals surface area contributed by atoms with Crippen molar-refractivity contribution in [3.8, 4) is 34.3 Å². The van der Waals surface area contributed by atoms with Gasteiger partial charge in [0.2, 0.25) is 5.88 Å². The maximum absolute atomic E-state index is 5.87. The number of rotatable bonds is 3. The van der Waals surface area contributed by atoms with Gasteiger partial charge in [0.15, 0.2) is 11.5 Å². The maximum Gasteiger partial charge on any atom is 0.219 e. The molecule has 0 spiro atoms. The molecule has 0 radical (unpaired) electrons. The van der Waals surface area contributed by atoms with E-state index in [4.69, 9.17) is 14.2 Å². The lowest BCUT2D eigenvalue weighted by Gasteiger charge is -2.18. The molecule has 24 heavy (non-hydrogen) atoms. The van der Waals surface area contributed by atoms with Crippen LogP contribution in [0.3, 0.4) is 0 Å². The van der Waals surface area contributed by atoms with Crippen LogP contribution in [0.1, 0.15) is 0 Å². The summed E-state index contributed by atoms with van der Waals surface area (Å²) in [7, 11) is 0. The Kier molecular flexibility index (Phi) is 4.09. The van der Waals surface area contributed by atoms with Crippen molar-refractivity contribution in [1.82, 2.24) is 4.98 Å². The third-order valence-electron chi connectivity index (χ3n) is 3.65. The Labute approximate surface area is 148 Å². The maximum atomic E-state index is 5.87. The second-order valence-electron chi connectivity index (χ2n) is 5.30. The number of fused-ring (bicyclic) bond motifs is 1. The smallest absolute Gasteiger partial charge is 0.219 e. The van der Waals surface area contributed by atoms with Crippen molar-refractivity contribution in [3.05, 3.63) is 65.3 Å². The lowest BCUT2D eigenvalue weighted by atomic mass is 10.1. The monoisotopic (exact) mass is 383 g/mol. The number of ether oxygens (including phenoxy) is 3. The standard InChI is InChI=1S/C19H14BrNO3/c20-15-3-1-13(2-4-15)14-7-8-21-19(11-14)24-16-5-6-17-18(12-16)23-10-9-22-17/h1-8,11-12H,9-10H2. The van der Waals surface area contributed by atoms with E-state index in [1.54, 1.807) is 6.20 Å². The summed E-state index contributed by atoms with van der Waals surface area (Å²) in [6, 6.07) is 17.5. The van der Waals surface area contributed by atoms with Crippen LogP contribution in [0, 0.1) is 0 Å². The quantitative estimate of drug-likeness (QED) is 0.632. The molecule has 5 heteroatoms. The molecule has 0 saturated carbocycles. The Balaban J connectivity index is 1.59. The van der Waals surface area contributed by atoms with E-state index in [0.717, 1.165) is 21.3 Å². The summed E-state index contributed by atoms with van der Waals surface area (Å²) in [4.78, 5) is 4.29. The van der Waals surface area contributed by atoms with Crippen LogP contribution in [0.15, 0.2) is 65.3 Å². The van der Waals surface area contributed by atoms with Crippen LogP contribution in [0.25, 0.3) is 11.1 Å². The predicted octanol–water partition coefficient (Wildman–Crippen LogP) is 5.07. The fourth-order valence-corrected chi connectivity index (χ4v) is 2.76. The minimum atomic E-state index is 0.534. The zero-order valence-corrected chi connectivity index (χ0v) is 14.3. The first kappa shape index (κ1) is 15.0. The molecule has 0 saturated heterocycles. The molecule has 1 aliphatic rings. The molecule has 3 aromatic rings. The molecule has 2 heterocycles. The second kappa shape index (κ2) is 6.53. The topological polar surface area (TPSA) is 40.6 Å². The number of benzene rings is 2. The Morgan fingerprint density at radius 3 is 2.46 bits per heavy atom. The van der Waals surface area contributed by atoms with Gasteiger partial charge in [0.05, 0.1) is 0 Å². The van der Waals surface area contributed by atoms with Crippen molar-refractivity contribution in [2.45, 2.75) is 0 Å². The summed E-state index contributed by atoms with van der Waals surface area (Å²) >= 11 is 3.45. The third-order valence-corrected chi connectivity index (χ3v) is 4.18. The van der Waals surface area contributed by atoms with E-state index in [-0.39, 0.29) is 0 Å². The summed E-state index contributed by atoms with van der Waals surface area (Å²) in [6.45, 7) is 1.12. The van der Waals surface area contributed by atoms with E-state index in [1.165, 1.54) is 0 Å². The van der Waals surface area contributed by atoms with Gasteiger partial charge in [0.25, 0.3) is 0 Å². The third kappa shape index (κ3) is 3.21. The van der Waals surface area contributed by atoms with E-state index >= 15 is 0 Å². The fourth-order valence-electron chi connectivity index (χ4n) is 2.50. The predicted molar refractivity (Wildman–Crippen MR) is 94.9 cm³/mol. The van der Waals surface area contributed by atoms with Gasteiger partial charge < -0.3 is 14.2 Å². The SMILES string of the molecule is Brc1ccc(-c2ccnc(Oc3ccc4c(c3)OCCO4)c2)cc1. The molecule has 4 nitrogen and oxygen atoms in total. The Morgan fingerprint density at radius 2 is 1.62 bits per heavy atom. The average Bonchev–Trinajstić information content (AvgIpc) is 2.62. The highest BCUT2D eigenvalue weighted by Crippen LogP contribution is 2.35. The molecule has 0 amide bonds. The van der Waals surface area contributed by atoms with Gasteiger partial charge in [-0.3, -0.25) is 0 Å². The molecule has 0 atom stereocenters. The lowest BCUT2D eigenvalue weighted by molar-refractivity contribution is 0.171. The average molecular weight is 384 g/mol.